The molecule has 0 radical (unpaired) electrons. The summed E-state index contributed by atoms with van der Waals surface area (Å²) in [7, 11) is 0. The number of ether oxygens (including phenoxy) is 11. The van der Waals surface area contributed by atoms with Gasteiger partial charge < -0.3 is 52.1 Å². The van der Waals surface area contributed by atoms with Crippen molar-refractivity contribution in [2.45, 2.75) is 76.4 Å². The minimum Gasteiger partial charge on any atom is -0.489 e. The van der Waals surface area contributed by atoms with Gasteiger partial charge in [-0.1, -0.05) is 38.0 Å². The Kier molecular flexibility index (Phi) is 36.8. The lowest BCUT2D eigenvalue weighted by Gasteiger charge is -2.27. The van der Waals surface area contributed by atoms with E-state index in [2.05, 4.69) is 39.5 Å². The summed E-state index contributed by atoms with van der Waals surface area (Å²) in [6.45, 7) is 23.4. The molecule has 2 aromatic carbocycles. The van der Waals surface area contributed by atoms with Crippen LogP contribution in [-0.4, -0.2) is 141 Å². The van der Waals surface area contributed by atoms with Crippen LogP contribution in [0.25, 0.3) is 12.2 Å². The molecule has 3 rings (SSSR count). The largest absolute Gasteiger partial charge is 0.489 e. The van der Waals surface area contributed by atoms with Gasteiger partial charge in [-0.05, 0) is 62.1 Å². The Balaban J connectivity index is 1.74. The van der Waals surface area contributed by atoms with Crippen molar-refractivity contribution in [3.05, 3.63) is 123 Å². The van der Waals surface area contributed by atoms with Crippen molar-refractivity contribution in [2.24, 2.45) is 0 Å². The van der Waals surface area contributed by atoms with Gasteiger partial charge in [0.15, 0.2) is 23.0 Å². The highest BCUT2D eigenvalue weighted by Crippen LogP contribution is 2.43. The lowest BCUT2D eigenvalue weighted by molar-refractivity contribution is -0.287. The quantitative estimate of drug-likeness (QED) is 0.0114. The molecule has 0 heterocycles. The third-order valence-electron chi connectivity index (χ3n) is 10.7. The Labute approximate surface area is 479 Å². The zero-order chi connectivity index (χ0) is 59.3. The Hall–Kier alpha value is -7.73. The fourth-order valence-electron chi connectivity index (χ4n) is 6.92. The molecule has 0 unspecified atom stereocenters. The summed E-state index contributed by atoms with van der Waals surface area (Å²) in [5.74, 6) is -1.29. The maximum absolute atomic E-state index is 13.4. The van der Waals surface area contributed by atoms with Crippen LogP contribution in [0, 0.1) is 0 Å². The molecule has 0 aliphatic heterocycles. The molecule has 0 saturated heterocycles. The van der Waals surface area contributed by atoms with Crippen LogP contribution in [0.4, 0.5) is 0 Å². The molecule has 1 aliphatic rings. The molecule has 22 heteroatoms. The molecule has 1 saturated carbocycles. The van der Waals surface area contributed by atoms with Crippen LogP contribution in [0.1, 0.15) is 75.3 Å². The third kappa shape index (κ3) is 29.6. The van der Waals surface area contributed by atoms with Crippen molar-refractivity contribution >= 4 is 42.0 Å². The zero-order valence-electron chi connectivity index (χ0n) is 46.6. The minimum absolute atomic E-state index is 0.0560. The second-order valence-electron chi connectivity index (χ2n) is 17.1. The molecule has 0 bridgehead atoms. The SMILES string of the molecule is C=CCOOCCCOc1ccc(/C=C/C(=O)O[C@H]2CC[C@H](OC(=O)/C=C/c3ccc(OCCCOC(=O)C=C)c(OCCCOC(=O)C=C)c3OCCCOOCC=C)CC2)c(OCCCOC(=O)C=C)c1OCCCOOCC=C. The molecule has 0 atom stereocenters. The van der Waals surface area contributed by atoms with Crippen LogP contribution in [0.3, 0.4) is 0 Å². The van der Waals surface area contributed by atoms with Gasteiger partial charge in [0.2, 0.25) is 11.5 Å². The van der Waals surface area contributed by atoms with Crippen molar-refractivity contribution in [3.63, 3.8) is 0 Å². The smallest absolute Gasteiger partial charge is 0.331 e. The van der Waals surface area contributed by atoms with E-state index in [4.69, 9.17) is 81.4 Å². The van der Waals surface area contributed by atoms with Gasteiger partial charge in [-0.2, -0.15) is 0 Å². The fourth-order valence-corrected chi connectivity index (χ4v) is 6.92. The number of carbonyl (C=O) groups is 5. The molecule has 1 aliphatic carbocycles. The summed E-state index contributed by atoms with van der Waals surface area (Å²) in [5, 5.41) is 0. The van der Waals surface area contributed by atoms with Gasteiger partial charge in [0.25, 0.3) is 0 Å². The fraction of sp³-hybridized carbons (Fsp3) is 0.450. The average molecular weight is 1150 g/mol. The van der Waals surface area contributed by atoms with E-state index < -0.39 is 42.1 Å². The van der Waals surface area contributed by atoms with Gasteiger partial charge in [-0.25, -0.2) is 53.3 Å². The van der Waals surface area contributed by atoms with Crippen molar-refractivity contribution in [1.29, 1.82) is 0 Å². The summed E-state index contributed by atoms with van der Waals surface area (Å²) in [6.07, 6.45) is 16.6. The van der Waals surface area contributed by atoms with Crippen LogP contribution in [0.5, 0.6) is 34.5 Å². The van der Waals surface area contributed by atoms with Crippen LogP contribution in [0.15, 0.2) is 112 Å². The van der Waals surface area contributed by atoms with Crippen LogP contribution < -0.4 is 28.4 Å². The first-order chi connectivity index (χ1) is 40.1. The lowest BCUT2D eigenvalue weighted by Crippen LogP contribution is -2.29. The van der Waals surface area contributed by atoms with Crippen molar-refractivity contribution in [3.8, 4) is 34.5 Å². The van der Waals surface area contributed by atoms with Gasteiger partial charge in [-0.15, -0.1) is 19.7 Å². The molecule has 0 N–H and O–H groups in total. The normalized spacial score (nSPS) is 13.7. The van der Waals surface area contributed by atoms with Crippen LogP contribution in [-0.2, 0) is 77.0 Å². The number of rotatable bonds is 48. The third-order valence-corrected chi connectivity index (χ3v) is 10.7. The molecule has 0 amide bonds. The predicted molar refractivity (Wildman–Crippen MR) is 300 cm³/mol. The van der Waals surface area contributed by atoms with E-state index >= 15 is 0 Å². The summed E-state index contributed by atoms with van der Waals surface area (Å²) >= 11 is 0. The average Bonchev–Trinajstić information content (AvgIpc) is 3.65. The molecule has 450 valence electrons. The molecule has 0 aromatic heterocycles. The Morgan fingerprint density at radius 3 is 0.988 bits per heavy atom. The Morgan fingerprint density at radius 1 is 0.366 bits per heavy atom. The van der Waals surface area contributed by atoms with E-state index in [1.807, 2.05) is 0 Å². The van der Waals surface area contributed by atoms with Crippen LogP contribution >= 0.6 is 0 Å². The molecule has 22 nitrogen and oxygen atoms in total. The van der Waals surface area contributed by atoms with Gasteiger partial charge in [-0.3, -0.25) is 0 Å². The zero-order valence-corrected chi connectivity index (χ0v) is 46.6. The first kappa shape index (κ1) is 68.5. The monoisotopic (exact) mass is 1150 g/mol. The van der Waals surface area contributed by atoms with Crippen molar-refractivity contribution in [1.82, 2.24) is 0 Å². The predicted octanol–water partition coefficient (Wildman–Crippen LogP) is 9.01. The topological polar surface area (TPSA) is 242 Å². The standard InChI is InChI=1S/C60H78O22/c1-7-31-75-78-43-16-35-67-51-28-20-46(57(71-39-14-37-69-53(62)11-5)60(51)74-42-18-45-80-77-33-9-3)21-29-55(64)81-48-23-25-49(26-24-48)82-56(65)30-22-47-19-27-50(66-34-13-36-68-52(61)10-4)59(73-40-15-38-70-54(63)12-6)58(47)72-41-17-44-79-76-32-8-2/h7-12,19-22,27-30,48-49H,1-6,13-18,23-26,31-45H2/b29-21+,30-22+/t48-,49-. The Bertz CT molecular complexity index is 2350. The number of hydrogen-bond acceptors (Lipinski definition) is 22. The summed E-state index contributed by atoms with van der Waals surface area (Å²) in [5.41, 5.74) is 0.917. The van der Waals surface area contributed by atoms with Gasteiger partial charge in [0.1, 0.15) is 32.0 Å². The number of carbonyl (C=O) groups excluding carboxylic acids is 5. The maximum atomic E-state index is 13.4. The van der Waals surface area contributed by atoms with E-state index in [0.717, 1.165) is 18.2 Å². The van der Waals surface area contributed by atoms with E-state index in [0.29, 0.717) is 86.8 Å². The lowest BCUT2D eigenvalue weighted by atomic mass is 9.95. The van der Waals surface area contributed by atoms with E-state index in [-0.39, 0.29) is 122 Å². The maximum Gasteiger partial charge on any atom is 0.331 e. The molecule has 82 heavy (non-hydrogen) atoms. The Morgan fingerprint density at radius 2 is 0.671 bits per heavy atom. The second-order valence-corrected chi connectivity index (χ2v) is 17.1. The highest BCUT2D eigenvalue weighted by molar-refractivity contribution is 5.89. The number of benzene rings is 2. The highest BCUT2D eigenvalue weighted by atomic mass is 17.2. The van der Waals surface area contributed by atoms with Crippen molar-refractivity contribution in [2.75, 3.05) is 99.1 Å². The molecule has 0 spiro atoms. The van der Waals surface area contributed by atoms with Gasteiger partial charge in [0.05, 0.1) is 79.3 Å². The number of hydrogen-bond donors (Lipinski definition) is 0. The molecular formula is C60H78O22. The van der Waals surface area contributed by atoms with E-state index in [1.165, 1.54) is 18.2 Å². The van der Waals surface area contributed by atoms with Gasteiger partial charge in [0, 0.05) is 80.0 Å². The molecule has 2 aromatic rings. The van der Waals surface area contributed by atoms with Gasteiger partial charge >= 0.3 is 29.8 Å². The molecular weight excluding hydrogens is 1070 g/mol. The summed E-state index contributed by atoms with van der Waals surface area (Å²) in [4.78, 5) is 92.0. The second kappa shape index (κ2) is 44.0. The van der Waals surface area contributed by atoms with E-state index in [1.54, 1.807) is 48.6 Å². The number of esters is 5. The first-order valence-corrected chi connectivity index (χ1v) is 26.9. The van der Waals surface area contributed by atoms with E-state index in [9.17, 15) is 24.0 Å². The minimum atomic E-state index is -0.618. The first-order valence-electron chi connectivity index (χ1n) is 26.9. The van der Waals surface area contributed by atoms with Crippen LogP contribution in [0.2, 0.25) is 0 Å². The summed E-state index contributed by atoms with van der Waals surface area (Å²) < 4.78 is 64.0. The summed E-state index contributed by atoms with van der Waals surface area (Å²) in [6, 6.07) is 6.73. The highest BCUT2D eigenvalue weighted by Gasteiger charge is 2.26. The van der Waals surface area contributed by atoms with Crippen molar-refractivity contribution < 1.29 is 105 Å². The molecule has 1 fully saturated rings.